The van der Waals surface area contributed by atoms with Crippen molar-refractivity contribution in [2.75, 3.05) is 19.6 Å². The fourth-order valence-corrected chi connectivity index (χ4v) is 23.8. The van der Waals surface area contributed by atoms with Crippen molar-refractivity contribution in [3.63, 3.8) is 0 Å². The van der Waals surface area contributed by atoms with Crippen LogP contribution in [0.1, 0.15) is 112 Å². The molecule has 0 spiro atoms. The molecule has 0 saturated carbocycles. The monoisotopic (exact) mass is 1610 g/mol. The molecule has 7 aliphatic carbocycles. The van der Waals surface area contributed by atoms with Crippen LogP contribution in [-0.4, -0.2) is 11.3 Å². The fourth-order valence-electron chi connectivity index (χ4n) is 21.2. The second-order valence-electron chi connectivity index (χ2n) is 35.3. The normalized spacial score (nSPS) is 20.5. The van der Waals surface area contributed by atoms with Crippen molar-refractivity contribution in [2.24, 2.45) is 11.8 Å². The van der Waals surface area contributed by atoms with Gasteiger partial charge in [0.05, 0.1) is 6.04 Å². The number of nitrogens with zero attached hydrogens (tertiary/aromatic N) is 4. The SMILES string of the molecule is Cc1ccc(N(c2ccc(-c3ccc(C4=CCC(N(c5ccc(C)cc5)c5ccc6c(c5)C(C)(C)C5C=CC=CC65)C=C4)cc3)cc2)c2ccc3c(c2)C(C)(Cc2cccc(N(c4ccc(-c5ccc(-c6ccc(N(c7ccccc7)c7ccc8c(c7)SC7C=CC=CC87)cc6)cc5)cc4)c4ccc5c6c(sc5c4)C=CCC6)c2)C2C=CC=CC32)cc1. The number of rotatable bonds is 18. The van der Waals surface area contributed by atoms with Gasteiger partial charge < -0.3 is 19.6 Å². The molecule has 1 aromatic heterocycles. The van der Waals surface area contributed by atoms with Crippen LogP contribution < -0.4 is 19.6 Å². The third kappa shape index (κ3) is 13.5. The molecule has 0 bridgehead atoms. The molecule has 22 rings (SSSR count). The minimum atomic E-state index is -0.248. The number of thiophene rings is 1. The van der Waals surface area contributed by atoms with Gasteiger partial charge in [0.25, 0.3) is 0 Å². The molecule has 8 atom stereocenters. The Morgan fingerprint density at radius 3 is 1.46 bits per heavy atom. The molecule has 4 nitrogen and oxygen atoms in total. The molecule has 1 aliphatic heterocycles. The highest BCUT2D eigenvalue weighted by Gasteiger charge is 2.49. The molecule has 14 aromatic rings. The Morgan fingerprint density at radius 2 is 0.836 bits per heavy atom. The number of allylic oxidation sites excluding steroid dienone is 14. The van der Waals surface area contributed by atoms with E-state index in [4.69, 9.17) is 0 Å². The lowest BCUT2D eigenvalue weighted by atomic mass is 9.69. The summed E-state index contributed by atoms with van der Waals surface area (Å²) in [5.41, 5.74) is 34.6. The molecular formula is C116H96N4S2. The summed E-state index contributed by atoms with van der Waals surface area (Å²) in [4.78, 5) is 12.7. The average Bonchev–Trinajstić information content (AvgIpc) is 1.58. The second kappa shape index (κ2) is 30.9. The highest BCUT2D eigenvalue weighted by Crippen LogP contribution is 2.59. The van der Waals surface area contributed by atoms with E-state index in [1.165, 1.54) is 132 Å². The van der Waals surface area contributed by atoms with Gasteiger partial charge in [0.15, 0.2) is 0 Å². The largest absolute Gasteiger partial charge is 0.334 e. The standard InChI is InChI=1S/C116H96N4S2/c1-76-30-50-88(51-31-76)118(95-62-66-101-99-22-9-13-26-107(99)115(3,4)109(101)71-95)91-56-44-84(45-57-91)80-34-36-81(37-35-80)85-46-58-92(59-47-85)119(89-52-32-77(2)33-53-89)96-63-67-102-100-23-10-14-27-108(100)116(5,110(102)72-96)75-78-18-17-21-94(70-78)120(98-65-69-106-104-25-12-16-29-112(104)122-114(106)74-98)93-60-48-86(49-61-93)82-40-38-79(39-41-82)83-42-54-90(55-43-83)117(87-19-7-6-8-20-87)97-64-68-105-103-24-11-15-28-111(103)121-113(105)73-97/h6-11,13-24,26-56,58-74,91,99-100,103,107-108,111H,12,25,57,75H2,1-5H3. The van der Waals surface area contributed by atoms with E-state index in [2.05, 4.69) is 455 Å². The van der Waals surface area contributed by atoms with Crippen LogP contribution in [0.2, 0.25) is 0 Å². The fraction of sp³-hybridized carbons (Fsp3) is 0.155. The van der Waals surface area contributed by atoms with Crippen LogP contribution in [0.15, 0.2) is 399 Å². The summed E-state index contributed by atoms with van der Waals surface area (Å²) in [7, 11) is 0. The van der Waals surface area contributed by atoms with Crippen LogP contribution in [0.3, 0.4) is 0 Å². The number of hydrogen-bond donors (Lipinski definition) is 0. The first-order chi connectivity index (χ1) is 59.8. The number of aryl methyl sites for hydroxylation is 3. The molecule has 8 unspecified atom stereocenters. The van der Waals surface area contributed by atoms with Gasteiger partial charge in [-0.25, -0.2) is 0 Å². The Balaban J connectivity index is 0.532. The lowest BCUT2D eigenvalue weighted by Crippen LogP contribution is -2.31. The third-order valence-corrected chi connectivity index (χ3v) is 30.1. The number of hydrogen-bond acceptors (Lipinski definition) is 6. The van der Waals surface area contributed by atoms with Crippen LogP contribution in [0.25, 0.3) is 55.1 Å². The smallest absolute Gasteiger partial charge is 0.0560 e. The summed E-state index contributed by atoms with van der Waals surface area (Å²) >= 11 is 3.90. The average molecular weight is 1610 g/mol. The summed E-state index contributed by atoms with van der Waals surface area (Å²) < 4.78 is 1.33. The summed E-state index contributed by atoms with van der Waals surface area (Å²) in [6, 6.07) is 113. The van der Waals surface area contributed by atoms with Gasteiger partial charge in [0.2, 0.25) is 0 Å². The van der Waals surface area contributed by atoms with Crippen molar-refractivity contribution < 1.29 is 0 Å². The molecule has 13 aromatic carbocycles. The molecule has 592 valence electrons. The van der Waals surface area contributed by atoms with Gasteiger partial charge in [0.1, 0.15) is 0 Å². The van der Waals surface area contributed by atoms with E-state index in [1.54, 1.807) is 0 Å². The summed E-state index contributed by atoms with van der Waals surface area (Å²) in [6.07, 6.45) is 43.7. The van der Waals surface area contributed by atoms with E-state index >= 15 is 0 Å². The Bertz CT molecular complexity index is 6690. The molecule has 0 fully saturated rings. The molecule has 8 aliphatic rings. The van der Waals surface area contributed by atoms with E-state index in [0.717, 1.165) is 71.2 Å². The highest BCUT2D eigenvalue weighted by atomic mass is 32.2. The molecule has 122 heavy (non-hydrogen) atoms. The molecule has 0 N–H and O–H groups in total. The second-order valence-corrected chi connectivity index (χ2v) is 37.6. The minimum absolute atomic E-state index is 0.0363. The third-order valence-electron chi connectivity index (χ3n) is 27.6. The number of fused-ring (bicyclic) bond motifs is 12. The number of anilines is 11. The maximum absolute atomic E-state index is 2.56. The molecule has 6 heteroatoms. The summed E-state index contributed by atoms with van der Waals surface area (Å²) in [6.45, 7) is 11.8. The van der Waals surface area contributed by atoms with Crippen molar-refractivity contribution in [2.45, 2.75) is 105 Å². The van der Waals surface area contributed by atoms with Crippen molar-refractivity contribution in [3.05, 3.63) is 455 Å². The molecule has 2 heterocycles. The Morgan fingerprint density at radius 1 is 0.369 bits per heavy atom. The van der Waals surface area contributed by atoms with Crippen molar-refractivity contribution in [3.8, 4) is 33.4 Å². The predicted molar refractivity (Wildman–Crippen MR) is 520 cm³/mol. The molecular weight excluding hydrogens is 1510 g/mol. The lowest BCUT2D eigenvalue weighted by molar-refractivity contribution is 0.357. The number of thioether (sulfide) groups is 1. The first-order valence-corrected chi connectivity index (χ1v) is 45.3. The lowest BCUT2D eigenvalue weighted by Gasteiger charge is -2.35. The topological polar surface area (TPSA) is 13.0 Å². The Hall–Kier alpha value is -13.0. The van der Waals surface area contributed by atoms with E-state index < -0.39 is 0 Å². The zero-order valence-corrected chi connectivity index (χ0v) is 71.2. The quantitative estimate of drug-likeness (QED) is 0.0847. The van der Waals surface area contributed by atoms with Crippen LogP contribution in [-0.2, 0) is 23.7 Å². The van der Waals surface area contributed by atoms with E-state index in [-0.39, 0.29) is 28.7 Å². The van der Waals surface area contributed by atoms with Gasteiger partial charge in [0, 0.05) is 105 Å². The van der Waals surface area contributed by atoms with Crippen LogP contribution in [0.5, 0.6) is 0 Å². The van der Waals surface area contributed by atoms with Gasteiger partial charge in [-0.05, 0) is 285 Å². The first-order valence-electron chi connectivity index (χ1n) is 43.6. The first kappa shape index (κ1) is 75.3. The molecule has 0 saturated heterocycles. The van der Waals surface area contributed by atoms with Gasteiger partial charge in [-0.2, -0.15) is 0 Å². The highest BCUT2D eigenvalue weighted by molar-refractivity contribution is 8.00. The van der Waals surface area contributed by atoms with Crippen molar-refractivity contribution >= 4 is 107 Å². The Kier molecular flexibility index (Phi) is 19.1. The van der Waals surface area contributed by atoms with Gasteiger partial charge in [-0.3, -0.25) is 0 Å². The predicted octanol–water partition coefficient (Wildman–Crippen LogP) is 31.6. The van der Waals surface area contributed by atoms with E-state index in [0.29, 0.717) is 23.0 Å². The van der Waals surface area contributed by atoms with E-state index in [1.807, 2.05) is 23.1 Å². The van der Waals surface area contributed by atoms with Crippen LogP contribution >= 0.6 is 23.1 Å². The van der Waals surface area contributed by atoms with Crippen LogP contribution in [0.4, 0.5) is 62.6 Å². The zero-order valence-electron chi connectivity index (χ0n) is 69.6. The van der Waals surface area contributed by atoms with Crippen molar-refractivity contribution in [1.29, 1.82) is 0 Å². The van der Waals surface area contributed by atoms with Gasteiger partial charge in [-0.1, -0.05) is 293 Å². The Labute approximate surface area is 726 Å². The van der Waals surface area contributed by atoms with Gasteiger partial charge >= 0.3 is 0 Å². The number of benzene rings is 13. The van der Waals surface area contributed by atoms with E-state index in [9.17, 15) is 0 Å². The maximum Gasteiger partial charge on any atom is 0.0560 e. The maximum atomic E-state index is 2.56. The van der Waals surface area contributed by atoms with Gasteiger partial charge in [-0.15, -0.1) is 23.1 Å². The summed E-state index contributed by atoms with van der Waals surface area (Å²) in [5.74, 6) is 1.85. The molecule has 0 radical (unpaired) electrons. The molecule has 0 amide bonds. The zero-order chi connectivity index (χ0) is 81.7. The van der Waals surface area contributed by atoms with Crippen molar-refractivity contribution in [1.82, 2.24) is 0 Å². The summed E-state index contributed by atoms with van der Waals surface area (Å²) in [5, 5.41) is 1.83. The van der Waals surface area contributed by atoms with Crippen LogP contribution in [0, 0.1) is 25.7 Å². The number of para-hydroxylation sites is 1. The minimum Gasteiger partial charge on any atom is -0.334 e.